The quantitative estimate of drug-likeness (QED) is 0.307. The van der Waals surface area contributed by atoms with Crippen LogP contribution in [0.1, 0.15) is 6.92 Å². The highest BCUT2D eigenvalue weighted by atomic mass is 127. The van der Waals surface area contributed by atoms with Crippen molar-refractivity contribution >= 4 is 56.6 Å². The number of aromatic nitrogens is 2. The average Bonchev–Trinajstić information content (AvgIpc) is 2.72. The van der Waals surface area contributed by atoms with Gasteiger partial charge in [0.2, 0.25) is 5.91 Å². The maximum atomic E-state index is 12.1. The summed E-state index contributed by atoms with van der Waals surface area (Å²) in [7, 11) is 1.47. The largest absolute Gasteiger partial charge is 0.489 e. The molecule has 0 saturated heterocycles. The van der Waals surface area contributed by atoms with Gasteiger partial charge in [0, 0.05) is 34.4 Å². The Bertz CT molecular complexity index is 1020. The Hall–Kier alpha value is -2.50. The number of carbonyl (C=O) groups is 1. The maximum Gasteiger partial charge on any atom is 0.250 e. The highest BCUT2D eigenvalue weighted by Gasteiger charge is 2.14. The summed E-state index contributed by atoms with van der Waals surface area (Å²) in [6.45, 7) is 3.27. The second-order valence-electron chi connectivity index (χ2n) is 6.25. The molecule has 30 heavy (non-hydrogen) atoms. The molecule has 2 N–H and O–H groups in total. The fraction of sp³-hybridized carbons (Fsp3) is 0.286. The topological polar surface area (TPSA) is 94.6 Å². The zero-order chi connectivity index (χ0) is 21.3. The molecular formula is C21H23IN4O4. The molecule has 0 atom stereocenters. The van der Waals surface area contributed by atoms with Crippen LogP contribution in [0.2, 0.25) is 0 Å². The Morgan fingerprint density at radius 1 is 1.17 bits per heavy atom. The lowest BCUT2D eigenvalue weighted by atomic mass is 10.2. The molecule has 0 bridgehead atoms. The highest BCUT2D eigenvalue weighted by Crippen LogP contribution is 2.33. The van der Waals surface area contributed by atoms with Crippen molar-refractivity contribution in [2.24, 2.45) is 0 Å². The minimum Gasteiger partial charge on any atom is -0.489 e. The van der Waals surface area contributed by atoms with Gasteiger partial charge in [0.15, 0.2) is 0 Å². The van der Waals surface area contributed by atoms with Crippen LogP contribution in [0.3, 0.4) is 0 Å². The van der Waals surface area contributed by atoms with Crippen molar-refractivity contribution in [2.45, 2.75) is 6.92 Å². The van der Waals surface area contributed by atoms with Crippen LogP contribution in [0.15, 0.2) is 42.7 Å². The molecule has 0 aliphatic heterocycles. The lowest BCUT2D eigenvalue weighted by Gasteiger charge is -2.15. The van der Waals surface area contributed by atoms with Crippen molar-refractivity contribution in [1.29, 1.82) is 0 Å². The van der Waals surface area contributed by atoms with Crippen LogP contribution in [0.4, 0.5) is 17.2 Å². The maximum absolute atomic E-state index is 12.1. The molecule has 8 nitrogen and oxygen atoms in total. The second kappa shape index (κ2) is 11.0. The minimum atomic E-state index is -0.282. The number of ether oxygens (including phenoxy) is 3. The van der Waals surface area contributed by atoms with E-state index in [2.05, 4.69) is 43.2 Å². The molecule has 1 heterocycles. The minimum absolute atomic E-state index is 0.0602. The highest BCUT2D eigenvalue weighted by molar-refractivity contribution is 14.1. The number of amides is 1. The summed E-state index contributed by atoms with van der Waals surface area (Å²) >= 11 is 2.26. The predicted molar refractivity (Wildman–Crippen MR) is 124 cm³/mol. The Kier molecular flexibility index (Phi) is 8.17. The number of nitrogens with zero attached hydrogens (tertiary/aromatic N) is 2. The van der Waals surface area contributed by atoms with Crippen LogP contribution < -0.4 is 15.4 Å². The third-order valence-electron chi connectivity index (χ3n) is 4.06. The molecule has 0 aliphatic rings. The molecule has 3 aromatic rings. The first-order valence-electron chi connectivity index (χ1n) is 9.41. The number of anilines is 3. The SMILES string of the molecule is CCOCCOc1cc2ncnc(Nc3cccc(I)c3)c2cc1NC(=O)COC. The van der Waals surface area contributed by atoms with Crippen LogP contribution >= 0.6 is 22.6 Å². The molecule has 0 radical (unpaired) electrons. The summed E-state index contributed by atoms with van der Waals surface area (Å²) in [5, 5.41) is 6.90. The molecule has 0 aliphatic carbocycles. The summed E-state index contributed by atoms with van der Waals surface area (Å²) in [5.41, 5.74) is 2.11. The van der Waals surface area contributed by atoms with Crippen molar-refractivity contribution in [3.05, 3.63) is 46.3 Å². The van der Waals surface area contributed by atoms with Gasteiger partial charge in [-0.25, -0.2) is 9.97 Å². The van der Waals surface area contributed by atoms with Crippen LogP contribution in [0.5, 0.6) is 5.75 Å². The molecule has 0 saturated carbocycles. The first-order chi connectivity index (χ1) is 14.6. The van der Waals surface area contributed by atoms with E-state index in [9.17, 15) is 4.79 Å². The Balaban J connectivity index is 1.96. The van der Waals surface area contributed by atoms with E-state index in [4.69, 9.17) is 14.2 Å². The fourth-order valence-electron chi connectivity index (χ4n) is 2.78. The number of hydrogen-bond donors (Lipinski definition) is 2. The number of fused-ring (bicyclic) bond motifs is 1. The van der Waals surface area contributed by atoms with Gasteiger partial charge in [-0.1, -0.05) is 6.07 Å². The van der Waals surface area contributed by atoms with Crippen molar-refractivity contribution in [3.8, 4) is 5.75 Å². The van der Waals surface area contributed by atoms with Gasteiger partial charge >= 0.3 is 0 Å². The molecule has 1 amide bonds. The Morgan fingerprint density at radius 3 is 2.80 bits per heavy atom. The standard InChI is InChI=1S/C21H23IN4O4/c1-3-29-7-8-30-19-11-17-16(10-18(19)26-20(27)12-28-2)21(24-13-23-17)25-15-6-4-5-14(22)9-15/h4-6,9-11,13H,3,7-8,12H2,1-2H3,(H,26,27)(H,23,24,25). The fourth-order valence-corrected chi connectivity index (χ4v) is 3.32. The van der Waals surface area contributed by atoms with E-state index < -0.39 is 0 Å². The normalized spacial score (nSPS) is 10.8. The van der Waals surface area contributed by atoms with E-state index in [0.717, 1.165) is 14.6 Å². The van der Waals surface area contributed by atoms with Gasteiger partial charge in [-0.3, -0.25) is 4.79 Å². The van der Waals surface area contributed by atoms with Crippen LogP contribution in [0, 0.1) is 3.57 Å². The van der Waals surface area contributed by atoms with Gasteiger partial charge in [0.25, 0.3) is 0 Å². The van der Waals surface area contributed by atoms with Crippen molar-refractivity contribution in [1.82, 2.24) is 9.97 Å². The molecule has 0 unspecified atom stereocenters. The van der Waals surface area contributed by atoms with Gasteiger partial charge in [-0.05, 0) is 53.8 Å². The molecule has 9 heteroatoms. The zero-order valence-electron chi connectivity index (χ0n) is 16.8. The van der Waals surface area contributed by atoms with E-state index in [0.29, 0.717) is 42.6 Å². The van der Waals surface area contributed by atoms with E-state index in [1.54, 1.807) is 12.1 Å². The van der Waals surface area contributed by atoms with Crippen LogP contribution in [-0.4, -0.2) is 49.4 Å². The first kappa shape index (κ1) is 22.2. The van der Waals surface area contributed by atoms with Crippen LogP contribution in [0.25, 0.3) is 10.9 Å². The number of halogens is 1. The zero-order valence-corrected chi connectivity index (χ0v) is 18.9. The second-order valence-corrected chi connectivity index (χ2v) is 7.50. The number of benzene rings is 2. The lowest BCUT2D eigenvalue weighted by molar-refractivity contribution is -0.119. The van der Waals surface area contributed by atoms with Gasteiger partial charge < -0.3 is 24.8 Å². The number of rotatable bonds is 10. The first-order valence-corrected chi connectivity index (χ1v) is 10.5. The van der Waals surface area contributed by atoms with E-state index in [1.165, 1.54) is 13.4 Å². The molecule has 0 spiro atoms. The third kappa shape index (κ3) is 6.00. The van der Waals surface area contributed by atoms with E-state index >= 15 is 0 Å². The summed E-state index contributed by atoms with van der Waals surface area (Å²) < 4.78 is 17.2. The van der Waals surface area contributed by atoms with Crippen molar-refractivity contribution < 1.29 is 19.0 Å². The number of methoxy groups -OCH3 is 1. The summed E-state index contributed by atoms with van der Waals surface area (Å²) in [5.74, 6) is 0.853. The van der Waals surface area contributed by atoms with E-state index in [1.807, 2.05) is 31.2 Å². The molecule has 0 fully saturated rings. The summed E-state index contributed by atoms with van der Waals surface area (Å²) in [4.78, 5) is 20.9. The average molecular weight is 522 g/mol. The van der Waals surface area contributed by atoms with Gasteiger partial charge in [-0.2, -0.15) is 0 Å². The monoisotopic (exact) mass is 522 g/mol. The van der Waals surface area contributed by atoms with Gasteiger partial charge in [0.05, 0.1) is 17.8 Å². The van der Waals surface area contributed by atoms with Gasteiger partial charge in [0.1, 0.15) is 31.1 Å². The Labute approximate surface area is 188 Å². The molecular weight excluding hydrogens is 499 g/mol. The Morgan fingerprint density at radius 2 is 2.03 bits per heavy atom. The smallest absolute Gasteiger partial charge is 0.250 e. The van der Waals surface area contributed by atoms with Crippen molar-refractivity contribution in [3.63, 3.8) is 0 Å². The molecule has 158 valence electrons. The number of carbonyl (C=O) groups excluding carboxylic acids is 1. The van der Waals surface area contributed by atoms with E-state index in [-0.39, 0.29) is 12.5 Å². The number of nitrogens with one attached hydrogen (secondary N) is 2. The van der Waals surface area contributed by atoms with Crippen molar-refractivity contribution in [2.75, 3.05) is 44.2 Å². The molecule has 2 aromatic carbocycles. The molecule has 3 rings (SSSR count). The van der Waals surface area contributed by atoms with Gasteiger partial charge in [-0.15, -0.1) is 0 Å². The summed E-state index contributed by atoms with van der Waals surface area (Å²) in [6.07, 6.45) is 1.49. The van der Waals surface area contributed by atoms with Crippen LogP contribution in [-0.2, 0) is 14.3 Å². The number of hydrogen-bond acceptors (Lipinski definition) is 7. The lowest BCUT2D eigenvalue weighted by Crippen LogP contribution is -2.18. The summed E-state index contributed by atoms with van der Waals surface area (Å²) in [6, 6.07) is 11.5. The predicted octanol–water partition coefficient (Wildman–Crippen LogP) is 3.98. The molecule has 1 aromatic heterocycles. The third-order valence-corrected chi connectivity index (χ3v) is 4.73.